The number of amides is 1. The summed E-state index contributed by atoms with van der Waals surface area (Å²) >= 11 is 0. The quantitative estimate of drug-likeness (QED) is 0.629. The normalized spacial score (nSPS) is 19.2. The molecule has 2 saturated heterocycles. The van der Waals surface area contributed by atoms with Crippen molar-refractivity contribution in [2.75, 3.05) is 26.2 Å². The molecule has 0 saturated carbocycles. The molecule has 2 aromatic heterocycles. The van der Waals surface area contributed by atoms with E-state index in [1.165, 1.54) is 10.5 Å². The SMILES string of the molecule is O=C(C1CCN(S(=O)(=O)c2cccnc2)CC1)N1CCC(n2c(=O)[nH]c3ccccc32)CC1. The Morgan fingerprint density at radius 1 is 0.970 bits per heavy atom. The number of likely N-dealkylation sites (tertiary alicyclic amines) is 1. The summed E-state index contributed by atoms with van der Waals surface area (Å²) in [6, 6.07) is 10.9. The monoisotopic (exact) mass is 469 g/mol. The van der Waals surface area contributed by atoms with Crippen LogP contribution in [0.2, 0.25) is 0 Å². The van der Waals surface area contributed by atoms with Crippen LogP contribution in [0.25, 0.3) is 11.0 Å². The van der Waals surface area contributed by atoms with Gasteiger partial charge in [0.25, 0.3) is 0 Å². The van der Waals surface area contributed by atoms with Crippen LogP contribution in [0, 0.1) is 5.92 Å². The topological polar surface area (TPSA) is 108 Å². The van der Waals surface area contributed by atoms with Crippen molar-refractivity contribution >= 4 is 27.0 Å². The van der Waals surface area contributed by atoms with Gasteiger partial charge in [-0.15, -0.1) is 0 Å². The number of aromatic amines is 1. The van der Waals surface area contributed by atoms with Crippen LogP contribution in [0.4, 0.5) is 0 Å². The fourth-order valence-corrected chi connectivity index (χ4v) is 6.47. The summed E-state index contributed by atoms with van der Waals surface area (Å²) < 4.78 is 28.9. The number of hydrogen-bond acceptors (Lipinski definition) is 5. The Labute approximate surface area is 192 Å². The fraction of sp³-hybridized carbons (Fsp3) is 0.435. The van der Waals surface area contributed by atoms with Crippen molar-refractivity contribution in [3.63, 3.8) is 0 Å². The maximum absolute atomic E-state index is 13.1. The van der Waals surface area contributed by atoms with E-state index < -0.39 is 10.0 Å². The lowest BCUT2D eigenvalue weighted by atomic mass is 9.94. The van der Waals surface area contributed by atoms with E-state index in [9.17, 15) is 18.0 Å². The van der Waals surface area contributed by atoms with E-state index in [2.05, 4.69) is 9.97 Å². The smallest absolute Gasteiger partial charge is 0.326 e. The van der Waals surface area contributed by atoms with Crippen LogP contribution in [-0.2, 0) is 14.8 Å². The molecule has 0 atom stereocenters. The van der Waals surface area contributed by atoms with E-state index in [1.54, 1.807) is 18.3 Å². The van der Waals surface area contributed by atoms with Crippen molar-refractivity contribution in [2.24, 2.45) is 5.92 Å². The Bertz CT molecular complexity index is 1300. The standard InChI is InChI=1S/C23H27N5O4S/c29-22(17-7-14-27(15-8-17)33(31,32)19-4-3-11-24-16-19)26-12-9-18(10-13-26)28-21-6-2-1-5-20(21)25-23(28)30/h1-6,11,16-18H,7-10,12-15H2,(H,25,30). The van der Waals surface area contributed by atoms with E-state index in [0.29, 0.717) is 39.0 Å². The van der Waals surface area contributed by atoms with Gasteiger partial charge in [-0.25, -0.2) is 13.2 Å². The minimum atomic E-state index is -3.58. The molecule has 0 unspecified atom stereocenters. The molecule has 0 aliphatic carbocycles. The molecule has 2 fully saturated rings. The van der Waals surface area contributed by atoms with Gasteiger partial charge in [0.1, 0.15) is 4.90 Å². The van der Waals surface area contributed by atoms with Crippen molar-refractivity contribution in [3.05, 3.63) is 59.3 Å². The molecule has 2 aliphatic heterocycles. The molecule has 0 bridgehead atoms. The first kappa shape index (κ1) is 21.8. The van der Waals surface area contributed by atoms with Crippen LogP contribution in [0.3, 0.4) is 0 Å². The minimum absolute atomic E-state index is 0.0594. The number of aromatic nitrogens is 3. The summed E-state index contributed by atoms with van der Waals surface area (Å²) in [6.45, 7) is 1.86. The van der Waals surface area contributed by atoms with Gasteiger partial charge < -0.3 is 9.88 Å². The Morgan fingerprint density at radius 2 is 1.70 bits per heavy atom. The lowest BCUT2D eigenvalue weighted by Gasteiger charge is -2.37. The second-order valence-corrected chi connectivity index (χ2v) is 10.7. The molecule has 2 aliphatic rings. The number of carbonyl (C=O) groups is 1. The first-order chi connectivity index (χ1) is 15.9. The first-order valence-corrected chi connectivity index (χ1v) is 12.8. The van der Waals surface area contributed by atoms with Crippen molar-refractivity contribution < 1.29 is 13.2 Å². The van der Waals surface area contributed by atoms with E-state index in [-0.39, 0.29) is 28.5 Å². The zero-order valence-corrected chi connectivity index (χ0v) is 19.1. The third kappa shape index (κ3) is 4.08. The zero-order chi connectivity index (χ0) is 23.0. The van der Waals surface area contributed by atoms with Crippen LogP contribution >= 0.6 is 0 Å². The Kier molecular flexibility index (Phi) is 5.79. The summed E-state index contributed by atoms with van der Waals surface area (Å²) in [5, 5.41) is 0. The summed E-state index contributed by atoms with van der Waals surface area (Å²) in [6.07, 6.45) is 5.38. The summed E-state index contributed by atoms with van der Waals surface area (Å²) in [4.78, 5) is 34.5. The number of imidazole rings is 1. The largest absolute Gasteiger partial charge is 0.342 e. The summed E-state index contributed by atoms with van der Waals surface area (Å²) in [7, 11) is -3.58. The molecule has 9 nitrogen and oxygen atoms in total. The molecule has 174 valence electrons. The van der Waals surface area contributed by atoms with Gasteiger partial charge in [-0.1, -0.05) is 12.1 Å². The molecule has 1 amide bonds. The number of benzene rings is 1. The highest BCUT2D eigenvalue weighted by Crippen LogP contribution is 2.29. The maximum atomic E-state index is 13.1. The third-order valence-electron chi connectivity index (χ3n) is 6.84. The lowest BCUT2D eigenvalue weighted by molar-refractivity contribution is -0.138. The highest BCUT2D eigenvalue weighted by molar-refractivity contribution is 7.89. The molecule has 10 heteroatoms. The van der Waals surface area contributed by atoms with E-state index in [1.807, 2.05) is 33.7 Å². The third-order valence-corrected chi connectivity index (χ3v) is 8.72. The van der Waals surface area contributed by atoms with E-state index in [4.69, 9.17) is 0 Å². The molecule has 1 aromatic carbocycles. The molecule has 0 radical (unpaired) electrons. The van der Waals surface area contributed by atoms with Crippen molar-refractivity contribution in [2.45, 2.75) is 36.6 Å². The van der Waals surface area contributed by atoms with Crippen LogP contribution in [-0.4, -0.2) is 64.2 Å². The maximum Gasteiger partial charge on any atom is 0.326 e. The predicted molar refractivity (Wildman–Crippen MR) is 123 cm³/mol. The lowest BCUT2D eigenvalue weighted by Crippen LogP contribution is -2.47. The highest BCUT2D eigenvalue weighted by atomic mass is 32.2. The second-order valence-electron chi connectivity index (χ2n) is 8.74. The van der Waals surface area contributed by atoms with Crippen LogP contribution in [0.5, 0.6) is 0 Å². The minimum Gasteiger partial charge on any atom is -0.342 e. The number of nitrogens with zero attached hydrogens (tertiary/aromatic N) is 4. The zero-order valence-electron chi connectivity index (χ0n) is 18.3. The van der Waals surface area contributed by atoms with Crippen molar-refractivity contribution in [1.82, 2.24) is 23.7 Å². The summed E-state index contributed by atoms with van der Waals surface area (Å²) in [5.41, 5.74) is 1.62. The molecule has 5 rings (SSSR count). The Hall–Kier alpha value is -2.98. The highest BCUT2D eigenvalue weighted by Gasteiger charge is 2.35. The van der Waals surface area contributed by atoms with Gasteiger partial charge in [0.15, 0.2) is 0 Å². The number of rotatable bonds is 4. The molecular weight excluding hydrogens is 442 g/mol. The Balaban J connectivity index is 1.19. The molecule has 0 spiro atoms. The van der Waals surface area contributed by atoms with Crippen molar-refractivity contribution in [1.29, 1.82) is 0 Å². The number of piperidine rings is 2. The van der Waals surface area contributed by atoms with Gasteiger partial charge >= 0.3 is 5.69 Å². The molecule has 1 N–H and O–H groups in total. The summed E-state index contributed by atoms with van der Waals surface area (Å²) in [5.74, 6) is -0.0733. The number of sulfonamides is 1. The van der Waals surface area contributed by atoms with Gasteiger partial charge in [0.2, 0.25) is 15.9 Å². The van der Waals surface area contributed by atoms with Gasteiger partial charge in [0.05, 0.1) is 11.0 Å². The average Bonchev–Trinajstić information content (AvgIpc) is 3.20. The van der Waals surface area contributed by atoms with Crippen molar-refractivity contribution in [3.8, 4) is 0 Å². The number of para-hydroxylation sites is 2. The Morgan fingerprint density at radius 3 is 2.39 bits per heavy atom. The number of H-pyrrole nitrogens is 1. The van der Waals surface area contributed by atoms with E-state index in [0.717, 1.165) is 23.9 Å². The molecule has 33 heavy (non-hydrogen) atoms. The van der Waals surface area contributed by atoms with Crippen LogP contribution < -0.4 is 5.69 Å². The average molecular weight is 470 g/mol. The molecule has 3 aromatic rings. The number of fused-ring (bicyclic) bond motifs is 1. The predicted octanol–water partition coefficient (Wildman–Crippen LogP) is 1.99. The first-order valence-electron chi connectivity index (χ1n) is 11.3. The van der Waals surface area contributed by atoms with Crippen LogP contribution in [0.1, 0.15) is 31.7 Å². The number of hydrogen-bond donors (Lipinski definition) is 1. The molecular formula is C23H27N5O4S. The number of nitrogens with one attached hydrogen (secondary N) is 1. The van der Waals surface area contributed by atoms with Gasteiger partial charge in [-0.3, -0.25) is 14.3 Å². The second kappa shape index (κ2) is 8.75. The fourth-order valence-electron chi connectivity index (χ4n) is 5.03. The van der Waals surface area contributed by atoms with Gasteiger partial charge in [-0.2, -0.15) is 4.31 Å². The number of pyridine rings is 1. The molecule has 4 heterocycles. The van der Waals surface area contributed by atoms with Gasteiger partial charge in [0, 0.05) is 50.5 Å². The van der Waals surface area contributed by atoms with E-state index >= 15 is 0 Å². The van der Waals surface area contributed by atoms with Crippen LogP contribution in [0.15, 0.2) is 58.5 Å². The van der Waals surface area contributed by atoms with Gasteiger partial charge in [-0.05, 0) is 49.9 Å². The number of carbonyl (C=O) groups excluding carboxylic acids is 1.